The molecule has 1 aliphatic rings. The molecule has 1 aliphatic heterocycles. The molecule has 1 fully saturated rings. The van der Waals surface area contributed by atoms with E-state index < -0.39 is 0 Å². The first kappa shape index (κ1) is 12.4. The average molecular weight is 282 g/mol. The Kier molecular flexibility index (Phi) is 2.90. The minimum Gasteiger partial charge on any atom is -0.372 e. The van der Waals surface area contributed by atoms with E-state index in [1.165, 1.54) is 15.7 Å². The van der Waals surface area contributed by atoms with Gasteiger partial charge in [0.15, 0.2) is 0 Å². The minimum atomic E-state index is -0.368. The van der Waals surface area contributed by atoms with Gasteiger partial charge < -0.3 is 19.8 Å². The fourth-order valence-corrected chi connectivity index (χ4v) is 3.20. The highest BCUT2D eigenvalue weighted by molar-refractivity contribution is 7.15. The second kappa shape index (κ2) is 4.46. The Morgan fingerprint density at radius 2 is 2.16 bits per heavy atom. The number of hydrogen-bond acceptors (Lipinski definition) is 6. The van der Waals surface area contributed by atoms with Gasteiger partial charge in [-0.1, -0.05) is 11.3 Å². The molecule has 8 heteroatoms. The van der Waals surface area contributed by atoms with E-state index in [0.717, 1.165) is 0 Å². The first-order valence-electron chi connectivity index (χ1n) is 6.06. The molecule has 0 saturated carbocycles. The number of thiazole rings is 1. The molecule has 0 bridgehead atoms. The van der Waals surface area contributed by atoms with Crippen molar-refractivity contribution in [2.24, 2.45) is 0 Å². The SMILES string of the molecule is CC1CN(c2nc3sccn3c2[N+](=O)[O-])CC(C)O1. The van der Waals surface area contributed by atoms with Crippen molar-refractivity contribution >= 4 is 27.9 Å². The summed E-state index contributed by atoms with van der Waals surface area (Å²) in [5.74, 6) is 0.483. The van der Waals surface area contributed by atoms with E-state index in [4.69, 9.17) is 4.74 Å². The van der Waals surface area contributed by atoms with E-state index in [9.17, 15) is 10.1 Å². The molecule has 102 valence electrons. The highest BCUT2D eigenvalue weighted by Crippen LogP contribution is 2.32. The molecular formula is C11H14N4O3S. The van der Waals surface area contributed by atoms with E-state index in [1.807, 2.05) is 18.7 Å². The lowest BCUT2D eigenvalue weighted by molar-refractivity contribution is -0.389. The zero-order valence-corrected chi connectivity index (χ0v) is 11.5. The van der Waals surface area contributed by atoms with E-state index in [0.29, 0.717) is 23.9 Å². The van der Waals surface area contributed by atoms with Gasteiger partial charge in [0.1, 0.15) is 6.20 Å². The summed E-state index contributed by atoms with van der Waals surface area (Å²) in [6.45, 7) is 5.17. The predicted octanol–water partition coefficient (Wildman–Crippen LogP) is 1.92. The summed E-state index contributed by atoms with van der Waals surface area (Å²) >= 11 is 1.39. The number of morpholine rings is 1. The van der Waals surface area contributed by atoms with Crippen molar-refractivity contribution in [3.8, 4) is 0 Å². The number of ether oxygens (including phenoxy) is 1. The maximum absolute atomic E-state index is 11.3. The van der Waals surface area contributed by atoms with Gasteiger partial charge in [-0.05, 0) is 18.8 Å². The quantitative estimate of drug-likeness (QED) is 0.621. The number of aromatic nitrogens is 2. The lowest BCUT2D eigenvalue weighted by Crippen LogP contribution is -2.45. The van der Waals surface area contributed by atoms with Crippen molar-refractivity contribution in [3.05, 3.63) is 21.7 Å². The van der Waals surface area contributed by atoms with Crippen LogP contribution in [-0.4, -0.2) is 39.6 Å². The molecule has 2 atom stereocenters. The van der Waals surface area contributed by atoms with Crippen molar-refractivity contribution in [1.29, 1.82) is 0 Å². The maximum atomic E-state index is 11.3. The zero-order chi connectivity index (χ0) is 13.6. The molecular weight excluding hydrogens is 268 g/mol. The van der Waals surface area contributed by atoms with Crippen LogP contribution in [0.25, 0.3) is 4.96 Å². The highest BCUT2D eigenvalue weighted by Gasteiger charge is 2.32. The smallest absolute Gasteiger partial charge is 0.372 e. The second-order valence-corrected chi connectivity index (χ2v) is 5.61. The number of nitro groups is 1. The summed E-state index contributed by atoms with van der Waals surface area (Å²) in [7, 11) is 0. The van der Waals surface area contributed by atoms with Gasteiger partial charge >= 0.3 is 5.82 Å². The molecule has 3 heterocycles. The van der Waals surface area contributed by atoms with Crippen molar-refractivity contribution in [3.63, 3.8) is 0 Å². The molecule has 0 aromatic carbocycles. The third kappa shape index (κ3) is 2.06. The van der Waals surface area contributed by atoms with E-state index in [-0.39, 0.29) is 22.9 Å². The van der Waals surface area contributed by atoms with Crippen LogP contribution in [-0.2, 0) is 4.74 Å². The standard InChI is InChI=1S/C11H14N4O3S/c1-7-5-13(6-8(2)18-7)9-10(15(16)17)14-3-4-19-11(14)12-9/h3-4,7-8H,5-6H2,1-2H3. The van der Waals surface area contributed by atoms with Crippen LogP contribution in [0.2, 0.25) is 0 Å². The van der Waals surface area contributed by atoms with Crippen molar-refractivity contribution in [2.75, 3.05) is 18.0 Å². The number of rotatable bonds is 2. The summed E-state index contributed by atoms with van der Waals surface area (Å²) in [4.78, 5) is 17.9. The van der Waals surface area contributed by atoms with Crippen LogP contribution in [0.5, 0.6) is 0 Å². The Hall–Kier alpha value is -1.67. The van der Waals surface area contributed by atoms with Crippen LogP contribution in [0.15, 0.2) is 11.6 Å². The van der Waals surface area contributed by atoms with Crippen molar-refractivity contribution in [2.45, 2.75) is 26.1 Å². The lowest BCUT2D eigenvalue weighted by atomic mass is 10.2. The lowest BCUT2D eigenvalue weighted by Gasteiger charge is -2.34. The zero-order valence-electron chi connectivity index (χ0n) is 10.6. The number of hydrogen-bond donors (Lipinski definition) is 0. The summed E-state index contributed by atoms with van der Waals surface area (Å²) in [6.07, 6.45) is 1.77. The molecule has 0 radical (unpaired) electrons. The highest BCUT2D eigenvalue weighted by atomic mass is 32.1. The Balaban J connectivity index is 2.06. The molecule has 2 aromatic rings. The number of anilines is 1. The van der Waals surface area contributed by atoms with Gasteiger partial charge in [0, 0.05) is 18.5 Å². The molecule has 2 unspecified atom stereocenters. The normalized spacial score (nSPS) is 24.0. The second-order valence-electron chi connectivity index (χ2n) is 4.73. The molecule has 0 spiro atoms. The Morgan fingerprint density at radius 3 is 2.79 bits per heavy atom. The number of fused-ring (bicyclic) bond motifs is 1. The van der Waals surface area contributed by atoms with Crippen LogP contribution in [0.1, 0.15) is 13.8 Å². The van der Waals surface area contributed by atoms with Crippen molar-refractivity contribution in [1.82, 2.24) is 9.38 Å². The molecule has 0 aliphatic carbocycles. The van der Waals surface area contributed by atoms with Gasteiger partial charge in [0.25, 0.3) is 4.96 Å². The molecule has 1 saturated heterocycles. The van der Waals surface area contributed by atoms with Crippen LogP contribution < -0.4 is 4.90 Å². The molecule has 7 nitrogen and oxygen atoms in total. The van der Waals surface area contributed by atoms with Crippen LogP contribution in [0.3, 0.4) is 0 Å². The molecule has 2 aromatic heterocycles. The van der Waals surface area contributed by atoms with Crippen LogP contribution in [0.4, 0.5) is 11.6 Å². The topological polar surface area (TPSA) is 72.9 Å². The predicted molar refractivity (Wildman–Crippen MR) is 71.9 cm³/mol. The Morgan fingerprint density at radius 1 is 1.47 bits per heavy atom. The Labute approximate surface area is 113 Å². The fraction of sp³-hybridized carbons (Fsp3) is 0.545. The Bertz CT molecular complexity index is 613. The number of imidazole rings is 1. The summed E-state index contributed by atoms with van der Waals surface area (Å²) < 4.78 is 7.18. The van der Waals surface area contributed by atoms with Crippen molar-refractivity contribution < 1.29 is 9.66 Å². The summed E-state index contributed by atoms with van der Waals surface area (Å²) in [6, 6.07) is 0. The van der Waals surface area contributed by atoms with Gasteiger partial charge in [0.05, 0.1) is 12.2 Å². The van der Waals surface area contributed by atoms with E-state index >= 15 is 0 Å². The van der Waals surface area contributed by atoms with Gasteiger partial charge in [-0.2, -0.15) is 9.38 Å². The molecule has 19 heavy (non-hydrogen) atoms. The van der Waals surface area contributed by atoms with Gasteiger partial charge in [-0.25, -0.2) is 0 Å². The molecule has 0 amide bonds. The first-order valence-corrected chi connectivity index (χ1v) is 6.94. The van der Waals surface area contributed by atoms with E-state index in [2.05, 4.69) is 4.98 Å². The largest absolute Gasteiger partial charge is 0.373 e. The first-order chi connectivity index (χ1) is 9.06. The molecule has 0 N–H and O–H groups in total. The monoisotopic (exact) mass is 282 g/mol. The molecule has 3 rings (SSSR count). The fourth-order valence-electron chi connectivity index (χ4n) is 2.50. The van der Waals surface area contributed by atoms with Crippen LogP contribution >= 0.6 is 11.3 Å². The van der Waals surface area contributed by atoms with Gasteiger partial charge in [-0.15, -0.1) is 0 Å². The van der Waals surface area contributed by atoms with Crippen LogP contribution in [0, 0.1) is 10.1 Å². The third-order valence-electron chi connectivity index (χ3n) is 3.11. The van der Waals surface area contributed by atoms with E-state index in [1.54, 1.807) is 11.6 Å². The average Bonchev–Trinajstić information content (AvgIpc) is 2.85. The summed E-state index contributed by atoms with van der Waals surface area (Å²) in [5, 5.41) is 13.1. The number of nitrogens with zero attached hydrogens (tertiary/aromatic N) is 4. The van der Waals surface area contributed by atoms with Gasteiger partial charge in [0.2, 0.25) is 5.82 Å². The minimum absolute atomic E-state index is 0.0394. The summed E-state index contributed by atoms with van der Waals surface area (Å²) in [5.41, 5.74) is 0. The maximum Gasteiger partial charge on any atom is 0.373 e. The third-order valence-corrected chi connectivity index (χ3v) is 3.87. The van der Waals surface area contributed by atoms with Gasteiger partial charge in [-0.3, -0.25) is 0 Å².